The normalized spacial score (nSPS) is 10.5. The predicted molar refractivity (Wildman–Crippen MR) is 78.1 cm³/mol. The molecule has 0 fully saturated rings. The molecule has 0 saturated carbocycles. The smallest absolute Gasteiger partial charge is 0.241 e. The molecule has 100 valence electrons. The number of hydrogen-bond donors (Lipinski definition) is 0. The zero-order valence-corrected chi connectivity index (χ0v) is 11.3. The van der Waals surface area contributed by atoms with Crippen molar-refractivity contribution in [2.24, 2.45) is 0 Å². The fraction of sp³-hybridized carbons (Fsp3) is 0.125. The molecule has 1 aromatic heterocycles. The minimum Gasteiger partial charge on any atom is -0.496 e. The Balaban J connectivity index is 2.32. The number of benzene rings is 2. The van der Waals surface area contributed by atoms with Crippen LogP contribution in [0.4, 0.5) is 0 Å². The zero-order chi connectivity index (χ0) is 13.9. The van der Waals surface area contributed by atoms with Gasteiger partial charge in [0.25, 0.3) is 0 Å². The highest BCUT2D eigenvalue weighted by molar-refractivity contribution is 5.97. The molecule has 3 aromatic rings. The van der Waals surface area contributed by atoms with E-state index in [2.05, 4.69) is 10.2 Å². The number of para-hydroxylation sites is 1. The summed E-state index contributed by atoms with van der Waals surface area (Å²) in [5, 5.41) is 10.4. The molecule has 0 radical (unpaired) electrons. The molecule has 4 nitrogen and oxygen atoms in total. The van der Waals surface area contributed by atoms with Gasteiger partial charge in [0.1, 0.15) is 11.4 Å². The van der Waals surface area contributed by atoms with Crippen LogP contribution in [-0.4, -0.2) is 24.4 Å². The van der Waals surface area contributed by atoms with Crippen LogP contribution in [0.1, 0.15) is 0 Å². The van der Waals surface area contributed by atoms with E-state index in [1.54, 1.807) is 14.2 Å². The van der Waals surface area contributed by atoms with E-state index in [0.717, 1.165) is 27.8 Å². The first-order valence-corrected chi connectivity index (χ1v) is 6.28. The van der Waals surface area contributed by atoms with E-state index in [1.807, 2.05) is 48.5 Å². The van der Waals surface area contributed by atoms with Gasteiger partial charge in [-0.15, -0.1) is 10.2 Å². The molecular weight excluding hydrogens is 252 g/mol. The largest absolute Gasteiger partial charge is 0.496 e. The number of nitrogens with zero attached hydrogens (tertiary/aromatic N) is 2. The lowest BCUT2D eigenvalue weighted by Gasteiger charge is -2.11. The zero-order valence-electron chi connectivity index (χ0n) is 11.3. The maximum atomic E-state index is 5.41. The van der Waals surface area contributed by atoms with Crippen molar-refractivity contribution >= 4 is 10.8 Å². The number of rotatable bonds is 3. The molecule has 0 saturated heterocycles. The molecule has 0 amide bonds. The molecule has 1 heterocycles. The maximum absolute atomic E-state index is 5.41. The van der Waals surface area contributed by atoms with Gasteiger partial charge in [-0.25, -0.2) is 0 Å². The molecular formula is C16H14N2O2. The first kappa shape index (κ1) is 12.4. The fourth-order valence-corrected chi connectivity index (χ4v) is 2.27. The second kappa shape index (κ2) is 5.17. The van der Waals surface area contributed by atoms with Gasteiger partial charge in [0.15, 0.2) is 0 Å². The highest BCUT2D eigenvalue weighted by Crippen LogP contribution is 2.35. The van der Waals surface area contributed by atoms with Crippen LogP contribution in [0.15, 0.2) is 48.5 Å². The minimum absolute atomic E-state index is 0.527. The number of methoxy groups -OCH3 is 2. The highest BCUT2D eigenvalue weighted by atomic mass is 16.5. The van der Waals surface area contributed by atoms with E-state index >= 15 is 0 Å². The molecule has 0 bridgehead atoms. The van der Waals surface area contributed by atoms with Gasteiger partial charge in [0.05, 0.1) is 14.2 Å². The third kappa shape index (κ3) is 1.95. The summed E-state index contributed by atoms with van der Waals surface area (Å²) in [4.78, 5) is 0. The molecule has 0 aliphatic rings. The van der Waals surface area contributed by atoms with Crippen molar-refractivity contribution in [1.29, 1.82) is 0 Å². The maximum Gasteiger partial charge on any atom is 0.241 e. The number of ether oxygens (including phenoxy) is 2. The SMILES string of the molecule is COc1ccccc1-c1nnc(OC)c2ccccc12. The topological polar surface area (TPSA) is 44.2 Å². The minimum atomic E-state index is 0.527. The van der Waals surface area contributed by atoms with E-state index in [9.17, 15) is 0 Å². The summed E-state index contributed by atoms with van der Waals surface area (Å²) in [6.07, 6.45) is 0. The van der Waals surface area contributed by atoms with Gasteiger partial charge in [-0.3, -0.25) is 0 Å². The molecule has 0 aliphatic heterocycles. The van der Waals surface area contributed by atoms with Crippen LogP contribution in [0.25, 0.3) is 22.0 Å². The lowest BCUT2D eigenvalue weighted by atomic mass is 10.0. The Morgan fingerprint density at radius 3 is 2.20 bits per heavy atom. The molecule has 2 aromatic carbocycles. The van der Waals surface area contributed by atoms with Gasteiger partial charge in [-0.05, 0) is 18.2 Å². The van der Waals surface area contributed by atoms with Crippen molar-refractivity contribution in [2.75, 3.05) is 14.2 Å². The van der Waals surface area contributed by atoms with E-state index in [0.29, 0.717) is 5.88 Å². The van der Waals surface area contributed by atoms with E-state index in [4.69, 9.17) is 9.47 Å². The average molecular weight is 266 g/mol. The standard InChI is InChI=1S/C16H14N2O2/c1-19-14-10-6-5-9-13(14)15-11-7-3-4-8-12(11)16(20-2)18-17-15/h3-10H,1-2H3. The van der Waals surface area contributed by atoms with Crippen LogP contribution in [0, 0.1) is 0 Å². The van der Waals surface area contributed by atoms with E-state index in [1.165, 1.54) is 0 Å². The number of hydrogen-bond acceptors (Lipinski definition) is 4. The lowest BCUT2D eigenvalue weighted by Crippen LogP contribution is -1.97. The van der Waals surface area contributed by atoms with Gasteiger partial charge in [-0.1, -0.05) is 30.3 Å². The van der Waals surface area contributed by atoms with Gasteiger partial charge in [0, 0.05) is 16.3 Å². The van der Waals surface area contributed by atoms with Gasteiger partial charge < -0.3 is 9.47 Å². The summed E-state index contributed by atoms with van der Waals surface area (Å²) in [5.41, 5.74) is 1.71. The summed E-state index contributed by atoms with van der Waals surface area (Å²) < 4.78 is 10.7. The molecule has 0 aliphatic carbocycles. The van der Waals surface area contributed by atoms with E-state index < -0.39 is 0 Å². The van der Waals surface area contributed by atoms with Crippen molar-refractivity contribution in [2.45, 2.75) is 0 Å². The Hall–Kier alpha value is -2.62. The first-order valence-electron chi connectivity index (χ1n) is 6.28. The van der Waals surface area contributed by atoms with Crippen molar-refractivity contribution in [3.63, 3.8) is 0 Å². The summed E-state index contributed by atoms with van der Waals surface area (Å²) in [7, 11) is 3.25. The Kier molecular flexibility index (Phi) is 3.21. The fourth-order valence-electron chi connectivity index (χ4n) is 2.27. The van der Waals surface area contributed by atoms with Crippen molar-refractivity contribution < 1.29 is 9.47 Å². The quantitative estimate of drug-likeness (QED) is 0.729. The molecule has 0 spiro atoms. The van der Waals surface area contributed by atoms with Crippen LogP contribution in [0.5, 0.6) is 11.6 Å². The third-order valence-electron chi connectivity index (χ3n) is 3.21. The van der Waals surface area contributed by atoms with Crippen molar-refractivity contribution in [1.82, 2.24) is 10.2 Å². The van der Waals surface area contributed by atoms with Crippen molar-refractivity contribution in [3.05, 3.63) is 48.5 Å². The molecule has 0 unspecified atom stereocenters. The lowest BCUT2D eigenvalue weighted by molar-refractivity contribution is 0.397. The number of aromatic nitrogens is 2. The second-order valence-corrected chi connectivity index (χ2v) is 4.30. The van der Waals surface area contributed by atoms with Crippen LogP contribution in [0.2, 0.25) is 0 Å². The summed E-state index contributed by atoms with van der Waals surface area (Å²) in [5.74, 6) is 1.30. The third-order valence-corrected chi connectivity index (χ3v) is 3.21. The van der Waals surface area contributed by atoms with Crippen molar-refractivity contribution in [3.8, 4) is 22.9 Å². The Morgan fingerprint density at radius 1 is 0.750 bits per heavy atom. The second-order valence-electron chi connectivity index (χ2n) is 4.30. The Morgan fingerprint density at radius 2 is 1.45 bits per heavy atom. The molecule has 20 heavy (non-hydrogen) atoms. The molecule has 0 N–H and O–H groups in total. The number of fused-ring (bicyclic) bond motifs is 1. The van der Waals surface area contributed by atoms with E-state index in [-0.39, 0.29) is 0 Å². The summed E-state index contributed by atoms with van der Waals surface area (Å²) in [6, 6.07) is 15.7. The monoisotopic (exact) mass is 266 g/mol. The van der Waals surface area contributed by atoms with Gasteiger partial charge >= 0.3 is 0 Å². The van der Waals surface area contributed by atoms with Gasteiger partial charge in [0.2, 0.25) is 5.88 Å². The molecule has 4 heteroatoms. The van der Waals surface area contributed by atoms with Crippen LogP contribution in [-0.2, 0) is 0 Å². The highest BCUT2D eigenvalue weighted by Gasteiger charge is 2.13. The molecule has 0 atom stereocenters. The Labute approximate surface area is 117 Å². The molecule has 3 rings (SSSR count). The first-order chi connectivity index (χ1) is 9.85. The summed E-state index contributed by atoms with van der Waals surface area (Å²) in [6.45, 7) is 0. The van der Waals surface area contributed by atoms with Crippen LogP contribution < -0.4 is 9.47 Å². The van der Waals surface area contributed by atoms with Crippen LogP contribution >= 0.6 is 0 Å². The van der Waals surface area contributed by atoms with Crippen LogP contribution in [0.3, 0.4) is 0 Å². The predicted octanol–water partition coefficient (Wildman–Crippen LogP) is 3.31. The summed E-state index contributed by atoms with van der Waals surface area (Å²) >= 11 is 0. The Bertz CT molecular complexity index is 756. The van der Waals surface area contributed by atoms with Gasteiger partial charge in [-0.2, -0.15) is 0 Å². The average Bonchev–Trinajstić information content (AvgIpc) is 2.53.